The summed E-state index contributed by atoms with van der Waals surface area (Å²) in [5.41, 5.74) is 4.06. The molecule has 5 N–H and O–H groups in total. The normalized spacial score (nSPS) is 17.2. The van der Waals surface area contributed by atoms with Crippen LogP contribution in [0, 0.1) is 0 Å². The molecule has 2 aromatic carbocycles. The molecule has 4 amide bonds. The molecule has 8 rings (SSSR count). The SMILES string of the molecule is CNc1cc(Nc2cccn(-c3cccc(C(=O)NCCCCCCCCc4cccc5c4n(C)c(=O)n5C4CCC(=O)NC4=O)c3)c2=O)nn2c(C(=O)N[C@@H]3C[C@@H]3F)cnc12. The highest BCUT2D eigenvalue weighted by molar-refractivity contribution is 6.00. The van der Waals surface area contributed by atoms with Crippen molar-refractivity contribution in [2.75, 3.05) is 24.2 Å². The zero-order valence-corrected chi connectivity index (χ0v) is 34.4. The van der Waals surface area contributed by atoms with E-state index in [-0.39, 0.29) is 47.5 Å². The maximum Gasteiger partial charge on any atom is 0.329 e. The van der Waals surface area contributed by atoms with E-state index in [0.717, 1.165) is 56.0 Å². The van der Waals surface area contributed by atoms with Crippen molar-refractivity contribution in [1.82, 2.24) is 44.2 Å². The van der Waals surface area contributed by atoms with Crippen LogP contribution >= 0.6 is 0 Å². The van der Waals surface area contributed by atoms with Crippen molar-refractivity contribution < 1.29 is 23.6 Å². The molecule has 18 heteroatoms. The van der Waals surface area contributed by atoms with E-state index in [2.05, 4.69) is 36.7 Å². The second-order valence-corrected chi connectivity index (χ2v) is 15.8. The number of imide groups is 1. The van der Waals surface area contributed by atoms with Gasteiger partial charge >= 0.3 is 5.69 Å². The number of nitrogens with zero attached hydrogens (tertiary/aromatic N) is 6. The van der Waals surface area contributed by atoms with Gasteiger partial charge in [-0.3, -0.25) is 43.0 Å². The van der Waals surface area contributed by atoms with Gasteiger partial charge in [0.1, 0.15) is 17.9 Å². The number of pyridine rings is 1. The Morgan fingerprint density at radius 1 is 0.919 bits per heavy atom. The van der Waals surface area contributed by atoms with Gasteiger partial charge in [-0.15, -0.1) is 5.10 Å². The Labute approximate surface area is 354 Å². The lowest BCUT2D eigenvalue weighted by atomic mass is 10.0. The Hall–Kier alpha value is -7.11. The van der Waals surface area contributed by atoms with E-state index in [1.807, 2.05) is 18.2 Å². The molecule has 0 spiro atoms. The van der Waals surface area contributed by atoms with Crippen LogP contribution in [0.1, 0.15) is 90.2 Å². The lowest BCUT2D eigenvalue weighted by Crippen LogP contribution is -2.44. The molecule has 17 nitrogen and oxygen atoms in total. The number of unbranched alkanes of at least 4 members (excludes halogenated alkanes) is 5. The molecule has 5 heterocycles. The predicted octanol–water partition coefficient (Wildman–Crippen LogP) is 4.45. The molecule has 0 radical (unpaired) electrons. The smallest absolute Gasteiger partial charge is 0.329 e. The molecule has 6 aromatic rings. The summed E-state index contributed by atoms with van der Waals surface area (Å²) in [5.74, 6) is -1.26. The minimum absolute atomic E-state index is 0.122. The number of rotatable bonds is 17. The second-order valence-electron chi connectivity index (χ2n) is 15.8. The van der Waals surface area contributed by atoms with Gasteiger partial charge in [-0.2, -0.15) is 0 Å². The Balaban J connectivity index is 0.816. The number of anilines is 3. The molecule has 0 bridgehead atoms. The number of para-hydroxylation sites is 1. The molecule has 1 saturated carbocycles. The van der Waals surface area contributed by atoms with Crippen molar-refractivity contribution in [1.29, 1.82) is 0 Å². The first-order chi connectivity index (χ1) is 30.0. The van der Waals surface area contributed by atoms with Crippen molar-refractivity contribution in [3.05, 3.63) is 111 Å². The third-order valence-corrected chi connectivity index (χ3v) is 11.5. The Bertz CT molecular complexity index is 2830. The molecule has 4 aromatic heterocycles. The van der Waals surface area contributed by atoms with E-state index >= 15 is 0 Å². The predicted molar refractivity (Wildman–Crippen MR) is 231 cm³/mol. The number of carbonyl (C=O) groups is 4. The Morgan fingerprint density at radius 2 is 1.69 bits per heavy atom. The van der Waals surface area contributed by atoms with Crippen LogP contribution in [0.15, 0.2) is 82.6 Å². The summed E-state index contributed by atoms with van der Waals surface area (Å²) >= 11 is 0. The number of alkyl halides is 1. The minimum Gasteiger partial charge on any atom is -0.385 e. The number of halogens is 1. The molecule has 62 heavy (non-hydrogen) atoms. The van der Waals surface area contributed by atoms with Crippen LogP contribution in [-0.4, -0.2) is 77.7 Å². The van der Waals surface area contributed by atoms with E-state index < -0.39 is 35.6 Å². The van der Waals surface area contributed by atoms with Gasteiger partial charge in [-0.1, -0.05) is 43.9 Å². The minimum atomic E-state index is -1.06. The number of hydrogen-bond acceptors (Lipinski definition) is 10. The van der Waals surface area contributed by atoms with Crippen molar-refractivity contribution in [2.24, 2.45) is 7.05 Å². The third kappa shape index (κ3) is 8.57. The van der Waals surface area contributed by atoms with E-state index in [9.17, 15) is 33.2 Å². The number of fused-ring (bicyclic) bond motifs is 2. The molecule has 1 aliphatic heterocycles. The quantitative estimate of drug-likeness (QED) is 0.0644. The number of aryl methyl sites for hydroxylation is 2. The van der Waals surface area contributed by atoms with Gasteiger partial charge in [-0.05, 0) is 67.6 Å². The summed E-state index contributed by atoms with van der Waals surface area (Å²) in [7, 11) is 3.41. The van der Waals surface area contributed by atoms with Gasteiger partial charge in [0, 0.05) is 57.0 Å². The molecule has 1 aliphatic carbocycles. The average Bonchev–Trinajstić information content (AvgIpc) is 3.67. The molecule has 1 unspecified atom stereocenters. The summed E-state index contributed by atoms with van der Waals surface area (Å²) in [6.07, 6.45) is 9.19. The molecule has 322 valence electrons. The van der Waals surface area contributed by atoms with Crippen molar-refractivity contribution in [2.45, 2.75) is 82.5 Å². The molecule has 2 fully saturated rings. The molecular weight excluding hydrogens is 798 g/mol. The molecule has 3 atom stereocenters. The monoisotopic (exact) mass is 845 g/mol. The topological polar surface area (TPSA) is 208 Å². The van der Waals surface area contributed by atoms with Crippen LogP contribution in [0.2, 0.25) is 0 Å². The summed E-state index contributed by atoms with van der Waals surface area (Å²) < 4.78 is 19.3. The second kappa shape index (κ2) is 17.9. The third-order valence-electron chi connectivity index (χ3n) is 11.5. The number of imidazole rings is 2. The van der Waals surface area contributed by atoms with Crippen LogP contribution in [0.25, 0.3) is 22.4 Å². The fourth-order valence-electron chi connectivity index (χ4n) is 8.05. The first-order valence-electron chi connectivity index (χ1n) is 20.9. The number of benzene rings is 2. The van der Waals surface area contributed by atoms with Gasteiger partial charge in [0.25, 0.3) is 17.4 Å². The van der Waals surface area contributed by atoms with Gasteiger partial charge in [0.15, 0.2) is 17.2 Å². The van der Waals surface area contributed by atoms with Gasteiger partial charge in [-0.25, -0.2) is 18.7 Å². The first-order valence-corrected chi connectivity index (χ1v) is 20.9. The largest absolute Gasteiger partial charge is 0.385 e. The highest BCUT2D eigenvalue weighted by atomic mass is 19.1. The van der Waals surface area contributed by atoms with Crippen LogP contribution in [0.3, 0.4) is 0 Å². The van der Waals surface area contributed by atoms with E-state index in [1.165, 1.54) is 19.8 Å². The van der Waals surface area contributed by atoms with Crippen molar-refractivity contribution in [3.63, 3.8) is 0 Å². The fraction of sp³-hybridized carbons (Fsp3) is 0.364. The molecule has 1 saturated heterocycles. The zero-order valence-electron chi connectivity index (χ0n) is 34.4. The zero-order chi connectivity index (χ0) is 43.5. The highest BCUT2D eigenvalue weighted by Gasteiger charge is 2.39. The van der Waals surface area contributed by atoms with Crippen LogP contribution in [0.5, 0.6) is 0 Å². The summed E-state index contributed by atoms with van der Waals surface area (Å²) in [5, 5.41) is 18.6. The lowest BCUT2D eigenvalue weighted by molar-refractivity contribution is -0.135. The molecular formula is C44H48FN11O6. The number of aromatic nitrogens is 6. The van der Waals surface area contributed by atoms with E-state index in [0.29, 0.717) is 41.1 Å². The van der Waals surface area contributed by atoms with Gasteiger partial charge < -0.3 is 21.3 Å². The summed E-state index contributed by atoms with van der Waals surface area (Å²) in [4.78, 5) is 81.5. The first kappa shape index (κ1) is 41.6. The summed E-state index contributed by atoms with van der Waals surface area (Å²) in [6.45, 7) is 0.506. The van der Waals surface area contributed by atoms with E-state index in [1.54, 1.807) is 67.3 Å². The summed E-state index contributed by atoms with van der Waals surface area (Å²) in [6, 6.07) is 16.3. The number of piperidine rings is 1. The van der Waals surface area contributed by atoms with Crippen LogP contribution in [-0.2, 0) is 23.1 Å². The lowest BCUT2D eigenvalue weighted by Gasteiger charge is -2.21. The van der Waals surface area contributed by atoms with E-state index in [4.69, 9.17) is 0 Å². The van der Waals surface area contributed by atoms with Gasteiger partial charge in [0.05, 0.1) is 29.0 Å². The molecule has 2 aliphatic rings. The number of hydrogen-bond donors (Lipinski definition) is 5. The van der Waals surface area contributed by atoms with Crippen LogP contribution < -0.4 is 37.8 Å². The fourth-order valence-corrected chi connectivity index (χ4v) is 8.05. The number of carbonyl (C=O) groups excluding carboxylic acids is 4. The Kier molecular flexibility index (Phi) is 12.0. The average molecular weight is 846 g/mol. The number of amides is 4. The number of nitrogens with one attached hydrogen (secondary N) is 5. The van der Waals surface area contributed by atoms with Gasteiger partial charge in [0.2, 0.25) is 11.8 Å². The Morgan fingerprint density at radius 3 is 2.47 bits per heavy atom. The highest BCUT2D eigenvalue weighted by Crippen LogP contribution is 2.28. The van der Waals surface area contributed by atoms with Crippen molar-refractivity contribution >= 4 is 57.5 Å². The standard InChI is InChI=1S/C44H48FN11O6/c1-46-32-24-36(52-56-35(25-48-39(32)56)42(60)50-31-23-29(31)45)49-30-16-11-21-54(43(30)61)28-15-9-14-27(22-28)40(58)47-20-8-6-4-3-5-7-12-26-13-10-17-33-38(26)53(2)44(62)55(33)34-18-19-37(57)51-41(34)59/h9-11,13-17,21-22,24-25,29,31,34,46H,3-8,12,18-20,23H2,1-2H3,(H,47,58)(H,49,52)(H,50,60)(H,51,57,59)/t29-,31+,34?/m0/s1. The van der Waals surface area contributed by atoms with Crippen molar-refractivity contribution in [3.8, 4) is 5.69 Å². The van der Waals surface area contributed by atoms with Crippen LogP contribution in [0.4, 0.5) is 21.6 Å². The maximum atomic E-state index is 13.7. The maximum absolute atomic E-state index is 13.7.